The standard InChI is InChI=1S/C6H4N2O4Se2/c9-7(10)5-2-1-3-6(13-3,8(11)12)4(5)14-5/h1-4H. The first-order valence-corrected chi connectivity index (χ1v) is 7.57. The van der Waals surface area contributed by atoms with Crippen molar-refractivity contribution in [3.05, 3.63) is 32.4 Å². The van der Waals surface area contributed by atoms with Crippen molar-refractivity contribution in [1.82, 2.24) is 0 Å². The van der Waals surface area contributed by atoms with Crippen LogP contribution < -0.4 is 0 Å². The summed E-state index contributed by atoms with van der Waals surface area (Å²) in [4.78, 5) is 20.8. The molecule has 3 aliphatic rings. The van der Waals surface area contributed by atoms with Crippen molar-refractivity contribution in [2.45, 2.75) is 18.5 Å². The van der Waals surface area contributed by atoms with Crippen molar-refractivity contribution in [1.29, 1.82) is 0 Å². The fraction of sp³-hybridized carbons (Fsp3) is 0.667. The molecule has 0 N–H and O–H groups in total. The fourth-order valence-corrected chi connectivity index (χ4v) is 9.05. The summed E-state index contributed by atoms with van der Waals surface area (Å²) >= 11 is -0.277. The molecule has 74 valence electrons. The van der Waals surface area contributed by atoms with Gasteiger partial charge in [-0.3, -0.25) is 0 Å². The van der Waals surface area contributed by atoms with Gasteiger partial charge in [0.15, 0.2) is 0 Å². The van der Waals surface area contributed by atoms with E-state index in [0.717, 1.165) is 0 Å². The molecule has 1 aliphatic carbocycles. The van der Waals surface area contributed by atoms with Gasteiger partial charge in [0, 0.05) is 0 Å². The van der Waals surface area contributed by atoms with Crippen LogP contribution in [-0.2, 0) is 0 Å². The van der Waals surface area contributed by atoms with Gasteiger partial charge in [-0.2, -0.15) is 0 Å². The summed E-state index contributed by atoms with van der Waals surface area (Å²) in [5.74, 6) is 0. The SMILES string of the molecule is O=[N+]([O-])C12C=CC3[Se]C3([N+](=O)[O-])C1[Se]2. The maximum absolute atomic E-state index is 10.9. The van der Waals surface area contributed by atoms with Crippen LogP contribution in [0.4, 0.5) is 0 Å². The summed E-state index contributed by atoms with van der Waals surface area (Å²) in [5, 5.41) is 21.7. The van der Waals surface area contributed by atoms with E-state index in [2.05, 4.69) is 0 Å². The molecular weight excluding hydrogens is 322 g/mol. The van der Waals surface area contributed by atoms with Crippen molar-refractivity contribution in [2.75, 3.05) is 0 Å². The van der Waals surface area contributed by atoms with Crippen LogP contribution in [0.15, 0.2) is 12.2 Å². The van der Waals surface area contributed by atoms with Crippen LogP contribution in [-0.4, -0.2) is 48.6 Å². The van der Waals surface area contributed by atoms with E-state index in [-0.39, 0.29) is 49.4 Å². The summed E-state index contributed by atoms with van der Waals surface area (Å²) < 4.78 is -1.91. The predicted molar refractivity (Wildman–Crippen MR) is 47.6 cm³/mol. The predicted octanol–water partition coefficient (Wildman–Crippen LogP) is -0.485. The normalized spacial score (nSPS) is 51.7. The summed E-state index contributed by atoms with van der Waals surface area (Å²) in [6.45, 7) is 0. The molecule has 8 heteroatoms. The number of nitrogens with zero attached hydrogens (tertiary/aromatic N) is 2. The van der Waals surface area contributed by atoms with Gasteiger partial charge >= 0.3 is 90.6 Å². The Bertz CT molecular complexity index is 399. The monoisotopic (exact) mass is 328 g/mol. The van der Waals surface area contributed by atoms with E-state index in [1.807, 2.05) is 0 Å². The molecule has 4 atom stereocenters. The van der Waals surface area contributed by atoms with E-state index in [4.69, 9.17) is 0 Å². The minimum atomic E-state index is -1.02. The van der Waals surface area contributed by atoms with Gasteiger partial charge in [0.2, 0.25) is 0 Å². The molecule has 2 fully saturated rings. The molecule has 0 spiro atoms. The molecule has 0 bridgehead atoms. The van der Waals surface area contributed by atoms with E-state index in [1.54, 1.807) is 12.2 Å². The van der Waals surface area contributed by atoms with Gasteiger partial charge in [-0.1, -0.05) is 0 Å². The number of nitro groups is 2. The van der Waals surface area contributed by atoms with E-state index >= 15 is 0 Å². The second-order valence-corrected chi connectivity index (χ2v) is 9.20. The van der Waals surface area contributed by atoms with Crippen molar-refractivity contribution in [3.8, 4) is 0 Å². The van der Waals surface area contributed by atoms with Crippen LogP contribution in [0.3, 0.4) is 0 Å². The Hall–Kier alpha value is -0.421. The van der Waals surface area contributed by atoms with Gasteiger partial charge in [0.25, 0.3) is 0 Å². The maximum atomic E-state index is 10.9. The molecule has 6 nitrogen and oxygen atoms in total. The molecule has 0 aromatic rings. The minimum absolute atomic E-state index is 0.0208. The summed E-state index contributed by atoms with van der Waals surface area (Å²) in [6, 6.07) is 0. The third-order valence-electron chi connectivity index (χ3n) is 2.75. The molecule has 4 unspecified atom stereocenters. The zero-order valence-electron chi connectivity index (χ0n) is 6.65. The third kappa shape index (κ3) is 0.750. The number of hydrogen-bond donors (Lipinski definition) is 0. The Balaban J connectivity index is 2.02. The molecule has 2 aliphatic heterocycles. The first-order chi connectivity index (χ1) is 6.54. The Labute approximate surface area is 90.7 Å². The van der Waals surface area contributed by atoms with E-state index < -0.39 is 8.87 Å². The van der Waals surface area contributed by atoms with Crippen LogP contribution in [0.2, 0.25) is 9.63 Å². The summed E-state index contributed by atoms with van der Waals surface area (Å²) in [5.41, 5.74) is 0. The topological polar surface area (TPSA) is 86.3 Å². The molecule has 2 saturated heterocycles. The quantitative estimate of drug-likeness (QED) is 0.297. The van der Waals surface area contributed by atoms with Crippen molar-refractivity contribution < 1.29 is 9.85 Å². The first-order valence-electron chi connectivity index (χ1n) is 3.88. The average Bonchev–Trinajstić information content (AvgIpc) is 2.96. The Morgan fingerprint density at radius 2 is 1.93 bits per heavy atom. The Morgan fingerprint density at radius 3 is 2.50 bits per heavy atom. The van der Waals surface area contributed by atoms with E-state index in [0.29, 0.717) is 0 Å². The summed E-state index contributed by atoms with van der Waals surface area (Å²) in [7, 11) is 0. The Kier molecular flexibility index (Phi) is 1.40. The molecular formula is C6H4N2O4Se2. The van der Waals surface area contributed by atoms with Gasteiger partial charge in [-0.05, 0) is 0 Å². The molecule has 3 rings (SSSR count). The molecule has 0 saturated carbocycles. The zero-order chi connectivity index (χ0) is 10.1. The van der Waals surface area contributed by atoms with Crippen LogP contribution in [0.1, 0.15) is 0 Å². The Morgan fingerprint density at radius 1 is 1.21 bits per heavy atom. The fourth-order valence-electron chi connectivity index (χ4n) is 1.89. The van der Waals surface area contributed by atoms with Crippen LogP contribution in [0.25, 0.3) is 0 Å². The van der Waals surface area contributed by atoms with Crippen LogP contribution >= 0.6 is 0 Å². The third-order valence-corrected chi connectivity index (χ3v) is 10.1. The van der Waals surface area contributed by atoms with Crippen molar-refractivity contribution >= 4 is 29.9 Å². The first kappa shape index (κ1) is 8.85. The average molecular weight is 326 g/mol. The zero-order valence-corrected chi connectivity index (χ0v) is 10.1. The second kappa shape index (κ2) is 2.22. The molecule has 0 radical (unpaired) electrons. The van der Waals surface area contributed by atoms with Crippen LogP contribution in [0.5, 0.6) is 0 Å². The number of fused-ring (bicyclic) bond motifs is 3. The number of hydrogen-bond acceptors (Lipinski definition) is 4. The molecule has 0 amide bonds. The second-order valence-electron chi connectivity index (χ2n) is 3.41. The summed E-state index contributed by atoms with van der Waals surface area (Å²) in [6.07, 6.45) is 3.32. The van der Waals surface area contributed by atoms with E-state index in [1.165, 1.54) is 0 Å². The van der Waals surface area contributed by atoms with Crippen molar-refractivity contribution in [2.24, 2.45) is 0 Å². The van der Waals surface area contributed by atoms with Crippen molar-refractivity contribution in [3.63, 3.8) is 0 Å². The molecule has 14 heavy (non-hydrogen) atoms. The van der Waals surface area contributed by atoms with Gasteiger partial charge in [-0.25, -0.2) is 0 Å². The van der Waals surface area contributed by atoms with Gasteiger partial charge in [0.05, 0.1) is 0 Å². The molecule has 0 aromatic carbocycles. The van der Waals surface area contributed by atoms with E-state index in [9.17, 15) is 20.2 Å². The van der Waals surface area contributed by atoms with Gasteiger partial charge < -0.3 is 0 Å². The van der Waals surface area contributed by atoms with Crippen LogP contribution in [0, 0.1) is 20.2 Å². The number of rotatable bonds is 2. The van der Waals surface area contributed by atoms with Gasteiger partial charge in [0.1, 0.15) is 0 Å². The van der Waals surface area contributed by atoms with Gasteiger partial charge in [-0.15, -0.1) is 0 Å². The molecule has 2 heterocycles. The molecule has 0 aromatic heterocycles.